The van der Waals surface area contributed by atoms with E-state index < -0.39 is 0 Å². The molecule has 3 rings (SSSR count). The Morgan fingerprint density at radius 3 is 2.61 bits per heavy atom. The second-order valence-electron chi connectivity index (χ2n) is 5.30. The maximum Gasteiger partial charge on any atom is 0.135 e. The summed E-state index contributed by atoms with van der Waals surface area (Å²) < 4.78 is 5.34. The SMILES string of the molecule is Clc1ccc(Nc2cc(NCCN3CCOCC3)ncn2)cc1. The van der Waals surface area contributed by atoms with E-state index in [1.165, 1.54) is 0 Å². The number of nitrogens with one attached hydrogen (secondary N) is 2. The predicted molar refractivity (Wildman–Crippen MR) is 92.5 cm³/mol. The van der Waals surface area contributed by atoms with Crippen LogP contribution in [0.5, 0.6) is 0 Å². The standard InChI is InChI=1S/C16H20ClN5O/c17-13-1-3-14(4-2-13)21-16-11-15(19-12-20-16)18-5-6-22-7-9-23-10-8-22/h1-4,11-12H,5-10H2,(H2,18,19,20,21). The van der Waals surface area contributed by atoms with Crippen LogP contribution in [-0.4, -0.2) is 54.3 Å². The Bertz CT molecular complexity index is 616. The molecular formula is C16H20ClN5O. The summed E-state index contributed by atoms with van der Waals surface area (Å²) in [5, 5.41) is 7.28. The third-order valence-electron chi connectivity index (χ3n) is 3.62. The molecule has 0 saturated carbocycles. The van der Waals surface area contributed by atoms with Gasteiger partial charge in [0.2, 0.25) is 0 Å². The molecule has 2 aromatic rings. The first-order valence-corrected chi connectivity index (χ1v) is 8.06. The fraction of sp³-hybridized carbons (Fsp3) is 0.375. The third-order valence-corrected chi connectivity index (χ3v) is 3.87. The van der Waals surface area contributed by atoms with E-state index in [0.29, 0.717) is 5.02 Å². The number of morpholine rings is 1. The van der Waals surface area contributed by atoms with E-state index in [0.717, 1.165) is 56.7 Å². The lowest BCUT2D eigenvalue weighted by molar-refractivity contribution is 0.0398. The molecule has 1 aliphatic rings. The van der Waals surface area contributed by atoms with Gasteiger partial charge in [-0.15, -0.1) is 0 Å². The quantitative estimate of drug-likeness (QED) is 0.847. The highest BCUT2D eigenvalue weighted by molar-refractivity contribution is 6.30. The zero-order valence-electron chi connectivity index (χ0n) is 12.8. The van der Waals surface area contributed by atoms with Crippen molar-refractivity contribution >= 4 is 28.9 Å². The van der Waals surface area contributed by atoms with Crippen LogP contribution >= 0.6 is 11.6 Å². The Hall–Kier alpha value is -1.89. The molecule has 0 aliphatic carbocycles. The Morgan fingerprint density at radius 2 is 1.83 bits per heavy atom. The lowest BCUT2D eigenvalue weighted by atomic mass is 10.3. The number of rotatable bonds is 6. The predicted octanol–water partition coefficient (Wildman–Crippen LogP) is 2.62. The lowest BCUT2D eigenvalue weighted by Crippen LogP contribution is -2.39. The first kappa shape index (κ1) is 16.0. The summed E-state index contributed by atoms with van der Waals surface area (Å²) in [6.45, 7) is 5.46. The summed E-state index contributed by atoms with van der Waals surface area (Å²) in [6, 6.07) is 9.40. The molecule has 2 heterocycles. The fourth-order valence-corrected chi connectivity index (χ4v) is 2.50. The van der Waals surface area contributed by atoms with E-state index in [2.05, 4.69) is 25.5 Å². The minimum atomic E-state index is 0.712. The van der Waals surface area contributed by atoms with Crippen molar-refractivity contribution in [3.63, 3.8) is 0 Å². The van der Waals surface area contributed by atoms with E-state index >= 15 is 0 Å². The van der Waals surface area contributed by atoms with Crippen LogP contribution in [0, 0.1) is 0 Å². The van der Waals surface area contributed by atoms with Gasteiger partial charge in [0, 0.05) is 43.0 Å². The molecule has 1 fully saturated rings. The summed E-state index contributed by atoms with van der Waals surface area (Å²) in [6.07, 6.45) is 1.55. The van der Waals surface area contributed by atoms with Crippen LogP contribution in [0.25, 0.3) is 0 Å². The van der Waals surface area contributed by atoms with E-state index in [1.54, 1.807) is 6.33 Å². The minimum Gasteiger partial charge on any atom is -0.379 e. The van der Waals surface area contributed by atoms with Crippen molar-refractivity contribution in [3.05, 3.63) is 41.7 Å². The third kappa shape index (κ3) is 5.06. The number of ether oxygens (including phenoxy) is 1. The van der Waals surface area contributed by atoms with Crippen LogP contribution in [0.2, 0.25) is 5.02 Å². The van der Waals surface area contributed by atoms with Crippen molar-refractivity contribution in [1.82, 2.24) is 14.9 Å². The van der Waals surface area contributed by atoms with Gasteiger partial charge in [-0.25, -0.2) is 9.97 Å². The molecule has 0 unspecified atom stereocenters. The van der Waals surface area contributed by atoms with Crippen molar-refractivity contribution in [2.45, 2.75) is 0 Å². The van der Waals surface area contributed by atoms with Gasteiger partial charge in [0.1, 0.15) is 18.0 Å². The fourth-order valence-electron chi connectivity index (χ4n) is 2.37. The Labute approximate surface area is 140 Å². The van der Waals surface area contributed by atoms with Crippen molar-refractivity contribution in [3.8, 4) is 0 Å². The summed E-state index contributed by atoms with van der Waals surface area (Å²) in [5.41, 5.74) is 0.937. The van der Waals surface area contributed by atoms with Crippen LogP contribution in [0.1, 0.15) is 0 Å². The zero-order chi connectivity index (χ0) is 15.9. The number of hydrogen-bond donors (Lipinski definition) is 2. The van der Waals surface area contributed by atoms with Crippen LogP contribution < -0.4 is 10.6 Å². The molecule has 0 radical (unpaired) electrons. The molecule has 0 amide bonds. The Morgan fingerprint density at radius 1 is 1.09 bits per heavy atom. The average Bonchev–Trinajstić information content (AvgIpc) is 2.58. The monoisotopic (exact) mass is 333 g/mol. The zero-order valence-corrected chi connectivity index (χ0v) is 13.6. The largest absolute Gasteiger partial charge is 0.379 e. The normalized spacial score (nSPS) is 15.3. The molecule has 0 spiro atoms. The van der Waals surface area contributed by atoms with Gasteiger partial charge in [-0.2, -0.15) is 0 Å². The summed E-state index contributed by atoms with van der Waals surface area (Å²) in [4.78, 5) is 10.9. The highest BCUT2D eigenvalue weighted by atomic mass is 35.5. The molecule has 7 heteroatoms. The Kier molecular flexibility index (Phi) is 5.63. The molecule has 0 bridgehead atoms. The first-order valence-electron chi connectivity index (χ1n) is 7.68. The molecule has 122 valence electrons. The first-order chi connectivity index (χ1) is 11.3. The van der Waals surface area contributed by atoms with Gasteiger partial charge >= 0.3 is 0 Å². The highest BCUT2D eigenvalue weighted by Gasteiger charge is 2.09. The van der Waals surface area contributed by atoms with E-state index in [4.69, 9.17) is 16.3 Å². The average molecular weight is 334 g/mol. The highest BCUT2D eigenvalue weighted by Crippen LogP contribution is 2.18. The molecule has 1 aromatic heterocycles. The van der Waals surface area contributed by atoms with Crippen LogP contribution in [0.15, 0.2) is 36.7 Å². The molecule has 1 saturated heterocycles. The van der Waals surface area contributed by atoms with Gasteiger partial charge in [0.05, 0.1) is 13.2 Å². The number of anilines is 3. The van der Waals surface area contributed by atoms with E-state index in [1.807, 2.05) is 30.3 Å². The maximum absolute atomic E-state index is 5.89. The minimum absolute atomic E-state index is 0.712. The van der Waals surface area contributed by atoms with Gasteiger partial charge in [0.15, 0.2) is 0 Å². The molecular weight excluding hydrogens is 314 g/mol. The molecule has 0 atom stereocenters. The molecule has 1 aromatic carbocycles. The maximum atomic E-state index is 5.89. The van der Waals surface area contributed by atoms with Crippen LogP contribution in [0.4, 0.5) is 17.3 Å². The topological polar surface area (TPSA) is 62.3 Å². The summed E-state index contributed by atoms with van der Waals surface area (Å²) >= 11 is 5.89. The molecule has 6 nitrogen and oxygen atoms in total. The lowest BCUT2D eigenvalue weighted by Gasteiger charge is -2.26. The number of hydrogen-bond acceptors (Lipinski definition) is 6. The van der Waals surface area contributed by atoms with Crippen molar-refractivity contribution in [1.29, 1.82) is 0 Å². The van der Waals surface area contributed by atoms with Crippen molar-refractivity contribution in [2.24, 2.45) is 0 Å². The number of nitrogens with zero attached hydrogens (tertiary/aromatic N) is 3. The van der Waals surface area contributed by atoms with Crippen LogP contribution in [-0.2, 0) is 4.74 Å². The number of aromatic nitrogens is 2. The molecule has 23 heavy (non-hydrogen) atoms. The second-order valence-corrected chi connectivity index (χ2v) is 5.74. The van der Waals surface area contributed by atoms with Gasteiger partial charge in [-0.1, -0.05) is 11.6 Å². The van der Waals surface area contributed by atoms with Crippen molar-refractivity contribution in [2.75, 3.05) is 50.0 Å². The molecule has 1 aliphatic heterocycles. The van der Waals surface area contributed by atoms with Gasteiger partial charge < -0.3 is 15.4 Å². The van der Waals surface area contributed by atoms with Gasteiger partial charge in [-0.3, -0.25) is 4.90 Å². The second kappa shape index (κ2) is 8.10. The number of benzene rings is 1. The van der Waals surface area contributed by atoms with Crippen LogP contribution in [0.3, 0.4) is 0 Å². The van der Waals surface area contributed by atoms with Gasteiger partial charge in [-0.05, 0) is 24.3 Å². The van der Waals surface area contributed by atoms with E-state index in [9.17, 15) is 0 Å². The van der Waals surface area contributed by atoms with Crippen molar-refractivity contribution < 1.29 is 4.74 Å². The smallest absolute Gasteiger partial charge is 0.135 e. The van der Waals surface area contributed by atoms with E-state index in [-0.39, 0.29) is 0 Å². The molecule has 2 N–H and O–H groups in total. The van der Waals surface area contributed by atoms with Gasteiger partial charge in [0.25, 0.3) is 0 Å². The number of halogens is 1. The summed E-state index contributed by atoms with van der Waals surface area (Å²) in [5.74, 6) is 1.56. The summed E-state index contributed by atoms with van der Waals surface area (Å²) in [7, 11) is 0. The Balaban J connectivity index is 1.51.